The largest absolute Gasteiger partial charge is 0.378 e. The summed E-state index contributed by atoms with van der Waals surface area (Å²) >= 11 is 19.8. The van der Waals surface area contributed by atoms with E-state index in [2.05, 4.69) is 75.9 Å². The van der Waals surface area contributed by atoms with Gasteiger partial charge in [-0.15, -0.1) is 0 Å². The lowest BCUT2D eigenvalue weighted by Gasteiger charge is -2.13. The molecule has 0 radical (unpaired) electrons. The van der Waals surface area contributed by atoms with E-state index in [4.69, 9.17) is 11.6 Å². The molecule has 1 aromatic carbocycles. The van der Waals surface area contributed by atoms with Crippen LogP contribution < -0.4 is 4.90 Å². The summed E-state index contributed by atoms with van der Waals surface area (Å²) in [5.41, 5.74) is 2.81. The summed E-state index contributed by atoms with van der Waals surface area (Å²) in [6, 6.07) is 11.2. The number of carbonyl (C=O) groups is 1. The first-order chi connectivity index (χ1) is 21.0. The van der Waals surface area contributed by atoms with Gasteiger partial charge in [0.05, 0.1) is 35.4 Å². The number of benzene rings is 1. The van der Waals surface area contributed by atoms with Crippen molar-refractivity contribution in [3.05, 3.63) is 59.8 Å². The summed E-state index contributed by atoms with van der Waals surface area (Å²) < 4.78 is 13.4. The summed E-state index contributed by atoms with van der Waals surface area (Å²) in [7, 11) is 4.07. The van der Waals surface area contributed by atoms with Crippen molar-refractivity contribution in [2.75, 3.05) is 19.0 Å². The highest BCUT2D eigenvalue weighted by Gasteiger charge is 2.25. The number of carbonyl (C=O) groups excluding carboxylic acids is 1. The fourth-order valence-electron chi connectivity index (χ4n) is 5.40. The molecule has 2 saturated carbocycles. The van der Waals surface area contributed by atoms with Gasteiger partial charge >= 0.3 is 5.20 Å². The van der Waals surface area contributed by atoms with E-state index in [1.54, 1.807) is 18.6 Å². The highest BCUT2D eigenvalue weighted by Crippen LogP contribution is 2.61. The fraction of sp³-hybridized carbons (Fsp3) is 0.448. The molecular weight excluding hydrogens is 665 g/mol. The van der Waals surface area contributed by atoms with Crippen LogP contribution in [0.4, 0.5) is 11.5 Å². The molecule has 0 saturated heterocycles. The molecule has 2 aliphatic carbocycles. The number of hydrogen-bond donors (Lipinski definition) is 0. The molecule has 236 valence electrons. The monoisotopic (exact) mass is 698 g/mol. The van der Waals surface area contributed by atoms with Gasteiger partial charge in [0.15, 0.2) is 17.2 Å². The van der Waals surface area contributed by atoms with Crippen LogP contribution in [0, 0.1) is 0 Å². The Hall–Kier alpha value is -2.49. The van der Waals surface area contributed by atoms with Gasteiger partial charge in [0.1, 0.15) is 11.5 Å². The lowest BCUT2D eigenvalue weighted by atomic mass is 10.1. The van der Waals surface area contributed by atoms with E-state index in [-0.39, 0.29) is 5.78 Å². The molecule has 4 aromatic rings. The molecule has 2 fully saturated rings. The number of Topliss-reactive ketones (excluding diaryl/α,β-unsaturated/α-hetero) is 1. The van der Waals surface area contributed by atoms with Gasteiger partial charge in [0.25, 0.3) is 0 Å². The van der Waals surface area contributed by atoms with E-state index in [0.717, 1.165) is 29.7 Å². The van der Waals surface area contributed by atoms with Crippen LogP contribution in [0.1, 0.15) is 80.2 Å². The van der Waals surface area contributed by atoms with Crippen LogP contribution in [-0.2, 0) is 4.57 Å². The van der Waals surface area contributed by atoms with Gasteiger partial charge in [-0.3, -0.25) is 9.36 Å². The number of hydrogen-bond acceptors (Lipinski definition) is 8. The van der Waals surface area contributed by atoms with Crippen LogP contribution in [-0.4, -0.2) is 55.6 Å². The van der Waals surface area contributed by atoms with Gasteiger partial charge in [-0.25, -0.2) is 24.3 Å². The van der Waals surface area contributed by atoms with Crippen LogP contribution in [0.3, 0.4) is 0 Å². The van der Waals surface area contributed by atoms with E-state index in [0.29, 0.717) is 29.2 Å². The standard InChI is InChI=1S/C11H13N3O.C10H11ClN4.C8H11N.Cl3OP/c15-10-5-6-12-11-9(10)7-13-14(11)8-3-1-2-4-8;11-9-8-5-14-15(7-3-1-2-4-7)10(8)13-6-12-9;1-9(2)8-6-4-3-5-7-8;1-5(2,3)4/h6-8H,1-5H2;5-7H,1-4H2;3-7H,1-2H3;. The number of aromatic nitrogens is 6. The normalized spacial score (nSPS) is 16.4. The van der Waals surface area contributed by atoms with Crippen LogP contribution >= 0.6 is 50.5 Å². The van der Waals surface area contributed by atoms with Gasteiger partial charge in [-0.05, 0) is 71.5 Å². The molecule has 10 nitrogen and oxygen atoms in total. The average molecular weight is 700 g/mol. The third kappa shape index (κ3) is 9.75. The number of para-hydroxylation sites is 1. The quantitative estimate of drug-likeness (QED) is 0.155. The number of fused-ring (bicyclic) bond motifs is 2. The predicted molar refractivity (Wildman–Crippen MR) is 181 cm³/mol. The van der Waals surface area contributed by atoms with Gasteiger partial charge in [-0.1, -0.05) is 55.5 Å². The first-order valence-electron chi connectivity index (χ1n) is 14.4. The highest BCUT2D eigenvalue weighted by molar-refractivity contribution is 8.24. The van der Waals surface area contributed by atoms with Crippen molar-refractivity contribution >= 4 is 85.1 Å². The second kappa shape index (κ2) is 16.2. The maximum absolute atomic E-state index is 11.6. The van der Waals surface area contributed by atoms with Gasteiger partial charge < -0.3 is 4.90 Å². The minimum absolute atomic E-state index is 0.143. The van der Waals surface area contributed by atoms with Crippen molar-refractivity contribution < 1.29 is 9.36 Å². The van der Waals surface area contributed by atoms with E-state index < -0.39 is 5.20 Å². The van der Waals surface area contributed by atoms with E-state index in [1.165, 1.54) is 50.5 Å². The van der Waals surface area contributed by atoms with E-state index in [9.17, 15) is 9.36 Å². The predicted octanol–water partition coefficient (Wildman–Crippen LogP) is 9.45. The Morgan fingerprint density at radius 1 is 0.864 bits per heavy atom. The van der Waals surface area contributed by atoms with E-state index >= 15 is 0 Å². The Balaban J connectivity index is 0.000000144. The van der Waals surface area contributed by atoms with Crippen molar-refractivity contribution in [2.24, 2.45) is 4.99 Å². The van der Waals surface area contributed by atoms with Crippen molar-refractivity contribution in [1.82, 2.24) is 29.5 Å². The number of aliphatic imine (C=N–C) groups is 1. The molecule has 15 heteroatoms. The Bertz CT molecular complexity index is 1590. The third-order valence-electron chi connectivity index (χ3n) is 7.52. The fourth-order valence-corrected chi connectivity index (χ4v) is 5.58. The lowest BCUT2D eigenvalue weighted by molar-refractivity contribution is 0.100. The summed E-state index contributed by atoms with van der Waals surface area (Å²) in [5.74, 6) is 0.919. The second-order valence-electron chi connectivity index (χ2n) is 10.8. The maximum atomic E-state index is 11.6. The minimum Gasteiger partial charge on any atom is -0.378 e. The van der Waals surface area contributed by atoms with Crippen molar-refractivity contribution in [2.45, 2.75) is 69.9 Å². The summed E-state index contributed by atoms with van der Waals surface area (Å²) in [5, 5.41) is 6.80. The number of rotatable bonds is 3. The molecule has 7 rings (SSSR count). The zero-order valence-electron chi connectivity index (χ0n) is 24.6. The van der Waals surface area contributed by atoms with Crippen molar-refractivity contribution in [1.29, 1.82) is 0 Å². The first kappa shape index (κ1) is 34.4. The van der Waals surface area contributed by atoms with Crippen molar-refractivity contribution in [3.63, 3.8) is 0 Å². The number of halogens is 4. The molecule has 3 aliphatic rings. The van der Waals surface area contributed by atoms with Crippen LogP contribution in [0.15, 0.2) is 54.0 Å². The number of ketones is 1. The van der Waals surface area contributed by atoms with Gasteiger partial charge in [0.2, 0.25) is 0 Å². The number of nitrogens with zero attached hydrogens (tertiary/aromatic N) is 8. The third-order valence-corrected chi connectivity index (χ3v) is 7.82. The zero-order chi connectivity index (χ0) is 31.7. The Morgan fingerprint density at radius 3 is 2.00 bits per heavy atom. The molecule has 0 bridgehead atoms. The minimum atomic E-state index is -3.22. The summed E-state index contributed by atoms with van der Waals surface area (Å²) in [4.78, 5) is 26.2. The van der Waals surface area contributed by atoms with E-state index in [1.807, 2.05) is 41.7 Å². The molecule has 0 atom stereocenters. The topological polar surface area (TPSA) is 111 Å². The smallest absolute Gasteiger partial charge is 0.339 e. The second-order valence-corrected chi connectivity index (χ2v) is 17.8. The molecule has 0 unspecified atom stereocenters. The van der Waals surface area contributed by atoms with Gasteiger partial charge in [0, 0.05) is 32.4 Å². The van der Waals surface area contributed by atoms with Crippen molar-refractivity contribution in [3.8, 4) is 0 Å². The molecule has 44 heavy (non-hydrogen) atoms. The Labute approximate surface area is 276 Å². The van der Waals surface area contributed by atoms with Crippen LogP contribution in [0.2, 0.25) is 5.15 Å². The maximum Gasteiger partial charge on any atom is 0.339 e. The van der Waals surface area contributed by atoms with Gasteiger partial charge in [-0.2, -0.15) is 10.2 Å². The lowest BCUT2D eigenvalue weighted by Crippen LogP contribution is -2.09. The zero-order valence-corrected chi connectivity index (χ0v) is 28.5. The first-order valence-corrected chi connectivity index (χ1v) is 19.2. The molecule has 0 spiro atoms. The molecule has 0 amide bonds. The van der Waals surface area contributed by atoms with Crippen LogP contribution in [0.5, 0.6) is 0 Å². The molecule has 1 aliphatic heterocycles. The number of anilines is 1. The summed E-state index contributed by atoms with van der Waals surface area (Å²) in [6.07, 6.45) is 16.8. The van der Waals surface area contributed by atoms with Crippen LogP contribution in [0.25, 0.3) is 11.0 Å². The SMILES string of the molecule is CN(C)c1ccccc1.Clc1ncnc2c1cnn2C1CCCC1.O=C1CC=Nc2c1cnn2C1CCCC1.O=P(Cl)(Cl)Cl. The molecule has 4 heterocycles. The highest BCUT2D eigenvalue weighted by atomic mass is 36.0. The Kier molecular flexibility index (Phi) is 12.6. The Morgan fingerprint density at radius 2 is 1.43 bits per heavy atom. The average Bonchev–Trinajstić information content (AvgIpc) is 3.80. The molecular formula is C29H35Cl4N8O2P. The molecule has 0 N–H and O–H groups in total. The molecule has 3 aromatic heterocycles. The summed E-state index contributed by atoms with van der Waals surface area (Å²) in [6.45, 7) is 0.